The van der Waals surface area contributed by atoms with Crippen LogP contribution in [0.4, 0.5) is 5.69 Å². The van der Waals surface area contributed by atoms with Crippen molar-refractivity contribution in [3.05, 3.63) is 71.5 Å². The Hall–Kier alpha value is -3.61. The van der Waals surface area contributed by atoms with Crippen LogP contribution >= 0.6 is 0 Å². The van der Waals surface area contributed by atoms with Crippen LogP contribution in [-0.4, -0.2) is 20.0 Å². The summed E-state index contributed by atoms with van der Waals surface area (Å²) in [6.45, 7) is 0.299. The Bertz CT molecular complexity index is 1160. The minimum atomic E-state index is -0.186. The van der Waals surface area contributed by atoms with E-state index in [2.05, 4.69) is 10.3 Å². The highest BCUT2D eigenvalue weighted by Crippen LogP contribution is 2.26. The van der Waals surface area contributed by atoms with Crippen molar-refractivity contribution in [1.29, 1.82) is 0 Å². The number of benzene rings is 2. The van der Waals surface area contributed by atoms with Gasteiger partial charge in [-0.3, -0.25) is 13.9 Å². The standard InChI is InChI=1S/C20H18N4O3/c1-23-16-8-4-5-9-17(16)24(20(23)26)12-10-18(25)22-15-7-3-2-6-14(15)19-21-11-13-27-19/h2-9,11,13H,10,12H2,1H3,(H,22,25). The topological polar surface area (TPSA) is 82.1 Å². The minimum Gasteiger partial charge on any atom is -0.444 e. The molecule has 0 aliphatic carbocycles. The maximum atomic E-state index is 12.5. The van der Waals surface area contributed by atoms with Gasteiger partial charge in [0.2, 0.25) is 11.8 Å². The summed E-state index contributed by atoms with van der Waals surface area (Å²) in [4.78, 5) is 29.0. The summed E-state index contributed by atoms with van der Waals surface area (Å²) < 4.78 is 8.54. The van der Waals surface area contributed by atoms with E-state index in [0.29, 0.717) is 23.7 Å². The highest BCUT2D eigenvalue weighted by Gasteiger charge is 2.14. The van der Waals surface area contributed by atoms with Gasteiger partial charge in [-0.15, -0.1) is 0 Å². The summed E-state index contributed by atoms with van der Waals surface area (Å²) in [6, 6.07) is 14.8. The van der Waals surface area contributed by atoms with Crippen LogP contribution in [0, 0.1) is 0 Å². The molecule has 0 radical (unpaired) electrons. The molecule has 0 fully saturated rings. The molecule has 7 nitrogen and oxygen atoms in total. The number of aromatic nitrogens is 3. The van der Waals surface area contributed by atoms with E-state index in [0.717, 1.165) is 11.0 Å². The molecule has 2 aromatic heterocycles. The summed E-state index contributed by atoms with van der Waals surface area (Å²) in [5, 5.41) is 2.88. The average molecular weight is 362 g/mol. The number of hydrogen-bond acceptors (Lipinski definition) is 4. The van der Waals surface area contributed by atoms with Crippen LogP contribution in [0.5, 0.6) is 0 Å². The number of carbonyl (C=O) groups is 1. The summed E-state index contributed by atoms with van der Waals surface area (Å²) >= 11 is 0. The number of fused-ring (bicyclic) bond motifs is 1. The summed E-state index contributed by atoms with van der Waals surface area (Å²) in [5.74, 6) is 0.255. The van der Waals surface area contributed by atoms with Crippen molar-refractivity contribution < 1.29 is 9.21 Å². The molecule has 0 spiro atoms. The molecule has 0 atom stereocenters. The molecule has 7 heteroatoms. The van der Waals surface area contributed by atoms with Crippen LogP contribution in [0.3, 0.4) is 0 Å². The maximum absolute atomic E-state index is 12.5. The number of imidazole rings is 1. The van der Waals surface area contributed by atoms with Crippen molar-refractivity contribution in [2.75, 3.05) is 5.32 Å². The van der Waals surface area contributed by atoms with Crippen molar-refractivity contribution in [2.45, 2.75) is 13.0 Å². The second-order valence-electron chi connectivity index (χ2n) is 6.16. The number of aryl methyl sites for hydroxylation is 2. The van der Waals surface area contributed by atoms with E-state index >= 15 is 0 Å². The molecule has 4 aromatic rings. The van der Waals surface area contributed by atoms with Gasteiger partial charge in [-0.05, 0) is 24.3 Å². The van der Waals surface area contributed by atoms with Gasteiger partial charge in [-0.2, -0.15) is 0 Å². The predicted octanol–water partition coefficient (Wildman–Crippen LogP) is 3.02. The highest BCUT2D eigenvalue weighted by atomic mass is 16.3. The first-order chi connectivity index (χ1) is 13.1. The van der Waals surface area contributed by atoms with Gasteiger partial charge >= 0.3 is 5.69 Å². The number of hydrogen-bond donors (Lipinski definition) is 1. The quantitative estimate of drug-likeness (QED) is 0.592. The SMILES string of the molecule is Cn1c(=O)n(CCC(=O)Nc2ccccc2-c2ncco2)c2ccccc21. The van der Waals surface area contributed by atoms with Crippen molar-refractivity contribution in [1.82, 2.24) is 14.1 Å². The average Bonchev–Trinajstić information content (AvgIpc) is 3.30. The summed E-state index contributed by atoms with van der Waals surface area (Å²) in [7, 11) is 1.73. The minimum absolute atomic E-state index is 0.135. The van der Waals surface area contributed by atoms with Gasteiger partial charge < -0.3 is 9.73 Å². The van der Waals surface area contributed by atoms with E-state index in [1.54, 1.807) is 28.4 Å². The third-order valence-electron chi connectivity index (χ3n) is 4.48. The monoisotopic (exact) mass is 362 g/mol. The molecule has 27 heavy (non-hydrogen) atoms. The largest absolute Gasteiger partial charge is 0.444 e. The lowest BCUT2D eigenvalue weighted by atomic mass is 10.1. The number of oxazole rings is 1. The van der Waals surface area contributed by atoms with Gasteiger partial charge in [-0.25, -0.2) is 9.78 Å². The Kier molecular flexibility index (Phi) is 4.33. The zero-order valence-corrected chi connectivity index (χ0v) is 14.8. The van der Waals surface area contributed by atoms with Crippen molar-refractivity contribution in [3.63, 3.8) is 0 Å². The number of carbonyl (C=O) groups excluding carboxylic acids is 1. The zero-order valence-electron chi connectivity index (χ0n) is 14.8. The van der Waals surface area contributed by atoms with Crippen LogP contribution in [0.2, 0.25) is 0 Å². The zero-order chi connectivity index (χ0) is 18.8. The highest BCUT2D eigenvalue weighted by molar-refractivity contribution is 5.94. The van der Waals surface area contributed by atoms with E-state index in [9.17, 15) is 9.59 Å². The van der Waals surface area contributed by atoms with Gasteiger partial charge in [0, 0.05) is 20.0 Å². The molecule has 0 unspecified atom stereocenters. The molecule has 1 amide bonds. The number of anilines is 1. The number of amides is 1. The predicted molar refractivity (Wildman–Crippen MR) is 102 cm³/mol. The van der Waals surface area contributed by atoms with Gasteiger partial charge in [-0.1, -0.05) is 24.3 Å². The Balaban J connectivity index is 1.52. The number of nitrogens with zero attached hydrogens (tertiary/aromatic N) is 3. The van der Waals surface area contributed by atoms with Crippen molar-refractivity contribution in [2.24, 2.45) is 7.05 Å². The smallest absolute Gasteiger partial charge is 0.328 e. The molecule has 2 aromatic carbocycles. The molecule has 0 aliphatic rings. The maximum Gasteiger partial charge on any atom is 0.328 e. The molecule has 0 aliphatic heterocycles. The lowest BCUT2D eigenvalue weighted by Crippen LogP contribution is -2.24. The van der Waals surface area contributed by atoms with E-state index in [-0.39, 0.29) is 18.0 Å². The number of para-hydroxylation sites is 3. The number of rotatable bonds is 5. The van der Waals surface area contributed by atoms with Crippen LogP contribution in [-0.2, 0) is 18.4 Å². The van der Waals surface area contributed by atoms with Gasteiger partial charge in [0.25, 0.3) is 0 Å². The Morgan fingerprint density at radius 3 is 2.63 bits per heavy atom. The van der Waals surface area contributed by atoms with Crippen LogP contribution in [0.25, 0.3) is 22.5 Å². The second-order valence-corrected chi connectivity index (χ2v) is 6.16. The lowest BCUT2D eigenvalue weighted by molar-refractivity contribution is -0.116. The first-order valence-electron chi connectivity index (χ1n) is 8.58. The fourth-order valence-electron chi connectivity index (χ4n) is 3.14. The van der Waals surface area contributed by atoms with E-state index in [1.165, 1.54) is 6.26 Å². The third-order valence-corrected chi connectivity index (χ3v) is 4.48. The van der Waals surface area contributed by atoms with Gasteiger partial charge in [0.05, 0.1) is 28.5 Å². The second kappa shape index (κ2) is 6.95. The van der Waals surface area contributed by atoms with E-state index in [1.807, 2.05) is 42.5 Å². The molecule has 1 N–H and O–H groups in total. The lowest BCUT2D eigenvalue weighted by Gasteiger charge is -2.09. The first kappa shape index (κ1) is 16.8. The normalized spacial score (nSPS) is 11.0. The Morgan fingerprint density at radius 2 is 1.85 bits per heavy atom. The van der Waals surface area contributed by atoms with Crippen molar-refractivity contribution in [3.8, 4) is 11.5 Å². The molecule has 2 heterocycles. The fourth-order valence-corrected chi connectivity index (χ4v) is 3.14. The molecule has 0 bridgehead atoms. The van der Waals surface area contributed by atoms with Gasteiger partial charge in [0.15, 0.2) is 0 Å². The van der Waals surface area contributed by atoms with Crippen LogP contribution in [0.15, 0.2) is 70.2 Å². The van der Waals surface area contributed by atoms with Crippen LogP contribution in [0.1, 0.15) is 6.42 Å². The first-order valence-corrected chi connectivity index (χ1v) is 8.58. The molecule has 136 valence electrons. The number of nitrogens with one attached hydrogen (secondary N) is 1. The van der Waals surface area contributed by atoms with Crippen LogP contribution < -0.4 is 11.0 Å². The molecule has 4 rings (SSSR count). The fraction of sp³-hybridized carbons (Fsp3) is 0.150. The molecule has 0 saturated carbocycles. The summed E-state index contributed by atoms with van der Waals surface area (Å²) in [6.07, 6.45) is 3.22. The molecular weight excluding hydrogens is 344 g/mol. The molecule has 0 saturated heterocycles. The summed E-state index contributed by atoms with van der Waals surface area (Å²) in [5.41, 5.74) is 2.85. The van der Waals surface area contributed by atoms with Crippen molar-refractivity contribution >= 4 is 22.6 Å². The molecular formula is C20H18N4O3. The van der Waals surface area contributed by atoms with Gasteiger partial charge in [0.1, 0.15) is 6.26 Å². The third kappa shape index (κ3) is 3.15. The van der Waals surface area contributed by atoms with E-state index < -0.39 is 0 Å². The Morgan fingerprint density at radius 1 is 1.11 bits per heavy atom. The van der Waals surface area contributed by atoms with E-state index in [4.69, 9.17) is 4.42 Å². The Labute approximate surface area is 154 Å².